The van der Waals surface area contributed by atoms with Gasteiger partial charge in [0, 0.05) is 12.4 Å². The van der Waals surface area contributed by atoms with Crippen molar-refractivity contribution in [1.29, 1.82) is 0 Å². The maximum absolute atomic E-state index is 12.6. The molecule has 2 heterocycles. The lowest BCUT2D eigenvalue weighted by Crippen LogP contribution is -2.23. The average molecular weight is 379 g/mol. The van der Waals surface area contributed by atoms with Gasteiger partial charge in [0.25, 0.3) is 11.8 Å². The minimum absolute atomic E-state index is 0.0269. The molecule has 0 aliphatic rings. The van der Waals surface area contributed by atoms with E-state index in [1.165, 1.54) is 24.7 Å². The Bertz CT molecular complexity index is 952. The van der Waals surface area contributed by atoms with Crippen molar-refractivity contribution in [3.05, 3.63) is 78.0 Å². The summed E-state index contributed by atoms with van der Waals surface area (Å²) < 4.78 is 10.9. The highest BCUT2D eigenvalue weighted by Gasteiger charge is 2.14. The lowest BCUT2D eigenvalue weighted by atomic mass is 10.1. The van der Waals surface area contributed by atoms with Crippen molar-refractivity contribution in [2.75, 3.05) is 5.32 Å². The van der Waals surface area contributed by atoms with E-state index < -0.39 is 0 Å². The summed E-state index contributed by atoms with van der Waals surface area (Å²) in [5, 5.41) is 5.53. The van der Waals surface area contributed by atoms with Gasteiger partial charge in [-0.2, -0.15) is 0 Å². The van der Waals surface area contributed by atoms with E-state index in [4.69, 9.17) is 9.15 Å². The average Bonchev–Trinajstić information content (AvgIpc) is 3.21. The Kier molecular flexibility index (Phi) is 6.06. The normalized spacial score (nSPS) is 10.5. The quantitative estimate of drug-likeness (QED) is 0.654. The van der Waals surface area contributed by atoms with Crippen LogP contribution in [0.15, 0.2) is 65.5 Å². The van der Waals surface area contributed by atoms with Crippen LogP contribution >= 0.6 is 0 Å². The van der Waals surface area contributed by atoms with Crippen LogP contribution in [-0.4, -0.2) is 22.9 Å². The number of pyridine rings is 1. The maximum Gasteiger partial charge on any atom is 0.257 e. The van der Waals surface area contributed by atoms with Crippen LogP contribution in [0.3, 0.4) is 0 Å². The van der Waals surface area contributed by atoms with Crippen LogP contribution in [-0.2, 0) is 6.54 Å². The molecule has 2 N–H and O–H groups in total. The molecule has 0 bridgehead atoms. The van der Waals surface area contributed by atoms with E-state index in [0.717, 1.165) is 0 Å². The van der Waals surface area contributed by atoms with E-state index in [0.29, 0.717) is 17.2 Å². The first-order valence-electron chi connectivity index (χ1n) is 8.85. The summed E-state index contributed by atoms with van der Waals surface area (Å²) in [7, 11) is 0. The molecule has 2 aromatic heterocycles. The van der Waals surface area contributed by atoms with Gasteiger partial charge in [0.15, 0.2) is 0 Å². The first kappa shape index (κ1) is 19.2. The number of nitrogens with zero attached hydrogens (tertiary/aromatic N) is 1. The van der Waals surface area contributed by atoms with Gasteiger partial charge in [0.1, 0.15) is 11.5 Å². The number of carbonyl (C=O) groups is 2. The van der Waals surface area contributed by atoms with E-state index in [2.05, 4.69) is 15.6 Å². The zero-order valence-electron chi connectivity index (χ0n) is 15.6. The Morgan fingerprint density at radius 1 is 1.07 bits per heavy atom. The number of carbonyl (C=O) groups excluding carboxylic acids is 2. The number of furan rings is 1. The van der Waals surface area contributed by atoms with Gasteiger partial charge in [-0.15, -0.1) is 0 Å². The number of rotatable bonds is 7. The van der Waals surface area contributed by atoms with Crippen molar-refractivity contribution in [3.8, 4) is 5.75 Å². The maximum atomic E-state index is 12.6. The lowest BCUT2D eigenvalue weighted by molar-refractivity contribution is 0.0947. The van der Waals surface area contributed by atoms with E-state index in [-0.39, 0.29) is 35.6 Å². The molecular weight excluding hydrogens is 358 g/mol. The largest absolute Gasteiger partial charge is 0.489 e. The fourth-order valence-corrected chi connectivity index (χ4v) is 2.49. The molecular formula is C21H21N3O4. The number of amides is 2. The van der Waals surface area contributed by atoms with Crippen molar-refractivity contribution in [3.63, 3.8) is 0 Å². The van der Waals surface area contributed by atoms with E-state index in [1.54, 1.807) is 30.3 Å². The van der Waals surface area contributed by atoms with Crippen molar-refractivity contribution in [2.24, 2.45) is 0 Å². The Morgan fingerprint density at radius 3 is 2.54 bits per heavy atom. The monoisotopic (exact) mass is 379 g/mol. The molecule has 0 spiro atoms. The number of aromatic nitrogens is 1. The molecule has 0 unspecified atom stereocenters. The van der Waals surface area contributed by atoms with Gasteiger partial charge < -0.3 is 19.8 Å². The van der Waals surface area contributed by atoms with Gasteiger partial charge in [0.05, 0.1) is 35.7 Å². The van der Waals surface area contributed by atoms with E-state index in [9.17, 15) is 9.59 Å². The number of hydrogen-bond acceptors (Lipinski definition) is 5. The summed E-state index contributed by atoms with van der Waals surface area (Å²) >= 11 is 0. The van der Waals surface area contributed by atoms with Crippen molar-refractivity contribution in [1.82, 2.24) is 10.3 Å². The van der Waals surface area contributed by atoms with Crippen LogP contribution in [0, 0.1) is 0 Å². The molecule has 3 aromatic rings. The summed E-state index contributed by atoms with van der Waals surface area (Å²) in [6.45, 7) is 4.07. The number of hydrogen-bond donors (Lipinski definition) is 2. The highest BCUT2D eigenvalue weighted by Crippen LogP contribution is 2.25. The molecule has 28 heavy (non-hydrogen) atoms. The summed E-state index contributed by atoms with van der Waals surface area (Å²) in [4.78, 5) is 28.9. The van der Waals surface area contributed by atoms with E-state index in [1.807, 2.05) is 19.9 Å². The van der Waals surface area contributed by atoms with Gasteiger partial charge in [-0.25, -0.2) is 0 Å². The molecule has 2 amide bonds. The lowest BCUT2D eigenvalue weighted by Gasteiger charge is -2.14. The Balaban J connectivity index is 1.69. The number of nitrogens with one attached hydrogen (secondary N) is 2. The minimum Gasteiger partial charge on any atom is -0.489 e. The zero-order chi connectivity index (χ0) is 19.9. The summed E-state index contributed by atoms with van der Waals surface area (Å²) in [6, 6.07) is 12.2. The van der Waals surface area contributed by atoms with E-state index >= 15 is 0 Å². The first-order valence-corrected chi connectivity index (χ1v) is 8.85. The van der Waals surface area contributed by atoms with Crippen molar-refractivity contribution < 1.29 is 18.7 Å². The molecule has 7 nitrogen and oxygen atoms in total. The Labute approximate surface area is 162 Å². The third-order valence-electron chi connectivity index (χ3n) is 3.76. The summed E-state index contributed by atoms with van der Waals surface area (Å²) in [6.07, 6.45) is 4.32. The van der Waals surface area contributed by atoms with Gasteiger partial charge in [-0.3, -0.25) is 14.6 Å². The Morgan fingerprint density at radius 2 is 1.82 bits per heavy atom. The topological polar surface area (TPSA) is 93.5 Å². The number of para-hydroxylation sites is 2. The molecule has 0 radical (unpaired) electrons. The number of ether oxygens (including phenoxy) is 1. The molecule has 7 heteroatoms. The second kappa shape index (κ2) is 8.85. The minimum atomic E-state index is -0.381. The molecule has 0 saturated heterocycles. The van der Waals surface area contributed by atoms with Gasteiger partial charge in [-0.1, -0.05) is 12.1 Å². The van der Waals surface area contributed by atoms with Crippen molar-refractivity contribution in [2.45, 2.75) is 26.5 Å². The SMILES string of the molecule is CC(C)Oc1ccccc1NC(=O)c1cncc(C(=O)NCc2ccco2)c1. The fraction of sp³-hybridized carbons (Fsp3) is 0.190. The van der Waals surface area contributed by atoms with Gasteiger partial charge in [-0.05, 0) is 44.2 Å². The predicted molar refractivity (Wildman–Crippen MR) is 104 cm³/mol. The second-order valence-corrected chi connectivity index (χ2v) is 6.34. The molecule has 0 aliphatic heterocycles. The van der Waals surface area contributed by atoms with Crippen LogP contribution in [0.4, 0.5) is 5.69 Å². The van der Waals surface area contributed by atoms with Crippen LogP contribution in [0.5, 0.6) is 5.75 Å². The third-order valence-corrected chi connectivity index (χ3v) is 3.76. The van der Waals surface area contributed by atoms with Gasteiger partial charge in [0.2, 0.25) is 0 Å². The molecule has 0 fully saturated rings. The van der Waals surface area contributed by atoms with Crippen molar-refractivity contribution >= 4 is 17.5 Å². The molecule has 0 saturated carbocycles. The highest BCUT2D eigenvalue weighted by atomic mass is 16.5. The molecule has 0 atom stereocenters. The first-order chi connectivity index (χ1) is 13.5. The van der Waals surface area contributed by atoms with Crippen LogP contribution in [0.1, 0.15) is 40.3 Å². The second-order valence-electron chi connectivity index (χ2n) is 6.34. The molecule has 1 aromatic carbocycles. The number of anilines is 1. The highest BCUT2D eigenvalue weighted by molar-refractivity contribution is 6.06. The standard InChI is InChI=1S/C21H21N3O4/c1-14(2)28-19-8-4-3-7-18(19)24-21(26)16-10-15(11-22-12-16)20(25)23-13-17-6-5-9-27-17/h3-12,14H,13H2,1-2H3,(H,23,25)(H,24,26). The predicted octanol–water partition coefficient (Wildman–Crippen LogP) is 3.64. The molecule has 144 valence electrons. The molecule has 3 rings (SSSR count). The number of benzene rings is 1. The molecule has 0 aliphatic carbocycles. The Hall–Kier alpha value is -3.61. The fourth-order valence-electron chi connectivity index (χ4n) is 2.49. The zero-order valence-corrected chi connectivity index (χ0v) is 15.6. The summed E-state index contributed by atoms with van der Waals surface area (Å²) in [5.74, 6) is 0.484. The smallest absolute Gasteiger partial charge is 0.257 e. The van der Waals surface area contributed by atoms with Gasteiger partial charge >= 0.3 is 0 Å². The third kappa shape index (κ3) is 4.97. The van der Waals surface area contributed by atoms with Crippen LogP contribution in [0.25, 0.3) is 0 Å². The van der Waals surface area contributed by atoms with Crippen LogP contribution < -0.4 is 15.4 Å². The summed E-state index contributed by atoms with van der Waals surface area (Å²) in [5.41, 5.74) is 1.10. The van der Waals surface area contributed by atoms with Crippen LogP contribution in [0.2, 0.25) is 0 Å².